The number of hydrogen-bond acceptors (Lipinski definition) is 1. The summed E-state index contributed by atoms with van der Waals surface area (Å²) in [5.74, 6) is 0. The molecule has 0 spiro atoms. The van der Waals surface area contributed by atoms with Crippen LogP contribution in [0.4, 0.5) is 4.39 Å². The maximum Gasteiger partial charge on any atom is 0.131 e. The Kier molecular flexibility index (Phi) is 2.59. The van der Waals surface area contributed by atoms with Gasteiger partial charge in [-0.15, -0.1) is 0 Å². The molecule has 0 aliphatic carbocycles. The topological polar surface area (TPSA) is 12.9 Å². The minimum atomic E-state index is -1.43. The Labute approximate surface area is 80.5 Å². The maximum atomic E-state index is 13.3. The van der Waals surface area contributed by atoms with Gasteiger partial charge < -0.3 is 0 Å². The molecule has 1 aromatic rings. The molecular weight excluding hydrogens is 200 g/mol. The van der Waals surface area contributed by atoms with Crippen LogP contribution in [-0.2, 0) is 5.67 Å². The van der Waals surface area contributed by atoms with Crippen LogP contribution >= 0.6 is 23.2 Å². The van der Waals surface area contributed by atoms with Crippen molar-refractivity contribution in [2.45, 2.75) is 19.5 Å². The highest BCUT2D eigenvalue weighted by molar-refractivity contribution is 6.32. The van der Waals surface area contributed by atoms with Gasteiger partial charge in [0.25, 0.3) is 0 Å². The maximum absolute atomic E-state index is 13.3. The Morgan fingerprint density at radius 3 is 2.00 bits per heavy atom. The van der Waals surface area contributed by atoms with E-state index in [2.05, 4.69) is 4.98 Å². The molecule has 0 aliphatic heterocycles. The number of rotatable bonds is 1. The molecule has 4 heteroatoms. The minimum Gasteiger partial charge on any atom is -0.239 e. The van der Waals surface area contributed by atoms with Crippen LogP contribution in [0.25, 0.3) is 0 Å². The molecule has 0 radical (unpaired) electrons. The molecule has 0 fully saturated rings. The molecule has 0 aliphatic rings. The molecule has 0 saturated carbocycles. The fraction of sp³-hybridized carbons (Fsp3) is 0.375. The van der Waals surface area contributed by atoms with Gasteiger partial charge in [0, 0.05) is 0 Å². The van der Waals surface area contributed by atoms with Crippen LogP contribution in [0.15, 0.2) is 12.1 Å². The Balaban J connectivity index is 3.18. The molecule has 0 saturated heterocycles. The van der Waals surface area contributed by atoms with Gasteiger partial charge in [-0.1, -0.05) is 23.2 Å². The molecular formula is C8H8Cl2FN. The van der Waals surface area contributed by atoms with E-state index in [0.717, 1.165) is 0 Å². The number of hydrogen-bond donors (Lipinski definition) is 0. The molecule has 1 rings (SSSR count). The Morgan fingerprint density at radius 2 is 1.67 bits per heavy atom. The first-order valence-corrected chi connectivity index (χ1v) is 4.17. The van der Waals surface area contributed by atoms with E-state index in [9.17, 15) is 4.39 Å². The van der Waals surface area contributed by atoms with Crippen molar-refractivity contribution < 1.29 is 4.39 Å². The molecule has 0 unspecified atom stereocenters. The lowest BCUT2D eigenvalue weighted by molar-refractivity contribution is 0.221. The average Bonchev–Trinajstić information content (AvgIpc) is 1.82. The lowest BCUT2D eigenvalue weighted by atomic mass is 10.0. The zero-order chi connectivity index (χ0) is 9.35. The molecule has 1 nitrogen and oxygen atoms in total. The monoisotopic (exact) mass is 207 g/mol. The third-order valence-electron chi connectivity index (χ3n) is 1.45. The first kappa shape index (κ1) is 9.75. The fourth-order valence-electron chi connectivity index (χ4n) is 0.808. The summed E-state index contributed by atoms with van der Waals surface area (Å²) in [6, 6.07) is 2.93. The second-order valence-electron chi connectivity index (χ2n) is 2.97. The van der Waals surface area contributed by atoms with Crippen LogP contribution in [0, 0.1) is 0 Å². The first-order chi connectivity index (χ1) is 5.39. The number of halogens is 3. The summed E-state index contributed by atoms with van der Waals surface area (Å²) < 4.78 is 13.3. The number of pyridine rings is 1. The molecule has 0 aromatic carbocycles. The largest absolute Gasteiger partial charge is 0.239 e. The zero-order valence-electron chi connectivity index (χ0n) is 6.74. The lowest BCUT2D eigenvalue weighted by Crippen LogP contribution is -2.09. The van der Waals surface area contributed by atoms with Gasteiger partial charge in [-0.05, 0) is 31.5 Å². The minimum absolute atomic E-state index is 0.211. The molecule has 66 valence electrons. The van der Waals surface area contributed by atoms with Crippen LogP contribution in [0.1, 0.15) is 19.4 Å². The molecule has 12 heavy (non-hydrogen) atoms. The van der Waals surface area contributed by atoms with Crippen LogP contribution in [0.2, 0.25) is 10.3 Å². The van der Waals surface area contributed by atoms with Crippen LogP contribution in [-0.4, -0.2) is 4.98 Å². The standard InChI is InChI=1S/C8H8Cl2FN/c1-8(2,11)5-3-6(9)12-7(10)4-5/h3-4H,1-2H3. The van der Waals surface area contributed by atoms with Crippen molar-refractivity contribution in [3.05, 3.63) is 28.0 Å². The highest BCUT2D eigenvalue weighted by Gasteiger charge is 2.19. The van der Waals surface area contributed by atoms with Crippen molar-refractivity contribution >= 4 is 23.2 Å². The SMILES string of the molecule is CC(C)(F)c1cc(Cl)nc(Cl)c1. The summed E-state index contributed by atoms with van der Waals surface area (Å²) in [4.78, 5) is 3.71. The van der Waals surface area contributed by atoms with Gasteiger partial charge in [-0.25, -0.2) is 9.37 Å². The van der Waals surface area contributed by atoms with E-state index in [1.54, 1.807) is 0 Å². The van der Waals surface area contributed by atoms with E-state index in [4.69, 9.17) is 23.2 Å². The van der Waals surface area contributed by atoms with Gasteiger partial charge >= 0.3 is 0 Å². The van der Waals surface area contributed by atoms with Gasteiger partial charge in [0.05, 0.1) is 0 Å². The predicted octanol–water partition coefficient (Wildman–Crippen LogP) is 3.59. The summed E-state index contributed by atoms with van der Waals surface area (Å²) in [6.45, 7) is 2.88. The van der Waals surface area contributed by atoms with Gasteiger partial charge in [-0.2, -0.15) is 0 Å². The third kappa shape index (κ3) is 2.32. The Morgan fingerprint density at radius 1 is 1.25 bits per heavy atom. The normalized spacial score (nSPS) is 11.8. The Hall–Kier alpha value is -0.340. The smallest absolute Gasteiger partial charge is 0.131 e. The van der Waals surface area contributed by atoms with Crippen LogP contribution in [0.3, 0.4) is 0 Å². The molecule has 0 amide bonds. The van der Waals surface area contributed by atoms with Crippen molar-refractivity contribution in [3.8, 4) is 0 Å². The van der Waals surface area contributed by atoms with E-state index in [1.807, 2.05) is 0 Å². The van der Waals surface area contributed by atoms with Gasteiger partial charge in [0.1, 0.15) is 16.0 Å². The molecule has 0 N–H and O–H groups in total. The number of alkyl halides is 1. The van der Waals surface area contributed by atoms with Crippen molar-refractivity contribution in [1.29, 1.82) is 0 Å². The van der Waals surface area contributed by atoms with Gasteiger partial charge in [0.2, 0.25) is 0 Å². The second-order valence-corrected chi connectivity index (χ2v) is 3.75. The summed E-state index contributed by atoms with van der Waals surface area (Å²) in [6.07, 6.45) is 0. The lowest BCUT2D eigenvalue weighted by Gasteiger charge is -2.14. The summed E-state index contributed by atoms with van der Waals surface area (Å²) >= 11 is 11.2. The van der Waals surface area contributed by atoms with Crippen LogP contribution in [0.5, 0.6) is 0 Å². The molecule has 1 aromatic heterocycles. The summed E-state index contributed by atoms with van der Waals surface area (Å²) in [7, 11) is 0. The first-order valence-electron chi connectivity index (χ1n) is 3.42. The van der Waals surface area contributed by atoms with Crippen molar-refractivity contribution in [2.24, 2.45) is 0 Å². The van der Waals surface area contributed by atoms with Crippen molar-refractivity contribution in [3.63, 3.8) is 0 Å². The second kappa shape index (κ2) is 3.19. The highest BCUT2D eigenvalue weighted by atomic mass is 35.5. The number of aromatic nitrogens is 1. The Bertz CT molecular complexity index is 273. The fourth-order valence-corrected chi connectivity index (χ4v) is 1.27. The number of nitrogens with zero attached hydrogens (tertiary/aromatic N) is 1. The zero-order valence-corrected chi connectivity index (χ0v) is 8.25. The van der Waals surface area contributed by atoms with E-state index >= 15 is 0 Å². The molecule has 0 bridgehead atoms. The summed E-state index contributed by atoms with van der Waals surface area (Å²) in [5, 5.41) is 0.423. The average molecular weight is 208 g/mol. The quantitative estimate of drug-likeness (QED) is 0.642. The van der Waals surface area contributed by atoms with Crippen LogP contribution < -0.4 is 0 Å². The molecule has 0 atom stereocenters. The summed E-state index contributed by atoms with van der Waals surface area (Å²) in [5.41, 5.74) is -0.997. The van der Waals surface area contributed by atoms with Crippen molar-refractivity contribution in [2.75, 3.05) is 0 Å². The molecule has 1 heterocycles. The highest BCUT2D eigenvalue weighted by Crippen LogP contribution is 2.27. The van der Waals surface area contributed by atoms with E-state index in [1.165, 1.54) is 26.0 Å². The van der Waals surface area contributed by atoms with E-state index < -0.39 is 5.67 Å². The van der Waals surface area contributed by atoms with E-state index in [-0.39, 0.29) is 10.3 Å². The van der Waals surface area contributed by atoms with Crippen molar-refractivity contribution in [1.82, 2.24) is 4.98 Å². The predicted molar refractivity (Wildman–Crippen MR) is 48.4 cm³/mol. The third-order valence-corrected chi connectivity index (χ3v) is 1.84. The van der Waals surface area contributed by atoms with E-state index in [0.29, 0.717) is 5.56 Å². The van der Waals surface area contributed by atoms with Gasteiger partial charge in [0.15, 0.2) is 0 Å². The van der Waals surface area contributed by atoms with Gasteiger partial charge in [-0.3, -0.25) is 0 Å².